The van der Waals surface area contributed by atoms with E-state index in [0.29, 0.717) is 29.6 Å². The van der Waals surface area contributed by atoms with Crippen LogP contribution in [0.15, 0.2) is 54.7 Å². The first-order valence-corrected chi connectivity index (χ1v) is 7.38. The summed E-state index contributed by atoms with van der Waals surface area (Å²) in [5.74, 6) is -0.408. The van der Waals surface area contributed by atoms with E-state index in [1.807, 2.05) is 0 Å². The molecule has 2 nitrogen and oxygen atoms in total. The molecule has 0 spiro atoms. The molecule has 0 aliphatic rings. The maximum absolute atomic E-state index is 13.7. The highest BCUT2D eigenvalue weighted by molar-refractivity contribution is 5.91. The lowest BCUT2D eigenvalue weighted by molar-refractivity contribution is -0.137. The normalized spacial score (nSPS) is 11.7. The van der Waals surface area contributed by atoms with Gasteiger partial charge in [0.05, 0.1) is 5.56 Å². The van der Waals surface area contributed by atoms with Crippen molar-refractivity contribution in [2.45, 2.75) is 12.6 Å². The van der Waals surface area contributed by atoms with E-state index < -0.39 is 17.6 Å². The monoisotopic (exact) mass is 334 g/mol. The second-order valence-corrected chi connectivity index (χ2v) is 5.37. The molecule has 24 heavy (non-hydrogen) atoms. The van der Waals surface area contributed by atoms with Crippen molar-refractivity contribution < 1.29 is 17.6 Å². The zero-order valence-corrected chi connectivity index (χ0v) is 12.6. The average Bonchev–Trinajstić information content (AvgIpc) is 2.55. The first-order valence-electron chi connectivity index (χ1n) is 7.38. The molecule has 0 amide bonds. The largest absolute Gasteiger partial charge is 0.416 e. The molecule has 0 aliphatic heterocycles. The molecule has 0 saturated carbocycles. The number of nitrogens with one attached hydrogen (secondary N) is 1. The average molecular weight is 334 g/mol. The Hall–Kier alpha value is -2.63. The number of pyridine rings is 1. The Labute approximate surface area is 136 Å². The van der Waals surface area contributed by atoms with Crippen molar-refractivity contribution in [1.82, 2.24) is 4.98 Å². The third-order valence-corrected chi connectivity index (χ3v) is 3.71. The molecule has 3 aromatic rings. The van der Waals surface area contributed by atoms with Gasteiger partial charge >= 0.3 is 6.18 Å². The molecule has 0 fully saturated rings. The molecule has 0 bridgehead atoms. The van der Waals surface area contributed by atoms with Crippen molar-refractivity contribution in [3.05, 3.63) is 71.7 Å². The molecule has 1 N–H and O–H groups in total. The molecule has 0 radical (unpaired) electrons. The van der Waals surface area contributed by atoms with Crippen LogP contribution in [0.1, 0.15) is 11.1 Å². The Morgan fingerprint density at radius 2 is 1.79 bits per heavy atom. The van der Waals surface area contributed by atoms with Crippen molar-refractivity contribution in [3.8, 4) is 0 Å². The van der Waals surface area contributed by atoms with Crippen LogP contribution in [-0.2, 0) is 12.6 Å². The lowest BCUT2D eigenvalue weighted by Gasteiger charge is -2.11. The van der Waals surface area contributed by atoms with Crippen LogP contribution < -0.4 is 5.32 Å². The van der Waals surface area contributed by atoms with E-state index in [-0.39, 0.29) is 5.52 Å². The SMILES string of the molecule is Fc1cccc2c(NCCc3cccc(C(F)(F)F)c3)ccnc12. The number of fused-ring (bicyclic) bond motifs is 1. The number of hydrogen-bond donors (Lipinski definition) is 1. The van der Waals surface area contributed by atoms with Gasteiger partial charge in [0.1, 0.15) is 11.3 Å². The predicted octanol–water partition coefficient (Wildman–Crippen LogP) is 5.05. The van der Waals surface area contributed by atoms with Gasteiger partial charge in [-0.05, 0) is 30.2 Å². The molecule has 124 valence electrons. The molecule has 0 aliphatic carbocycles. The third-order valence-electron chi connectivity index (χ3n) is 3.71. The number of aromatic nitrogens is 1. The highest BCUT2D eigenvalue weighted by Gasteiger charge is 2.30. The first-order chi connectivity index (χ1) is 11.4. The molecular weight excluding hydrogens is 320 g/mol. The van der Waals surface area contributed by atoms with Crippen LogP contribution in [0.3, 0.4) is 0 Å². The van der Waals surface area contributed by atoms with E-state index in [2.05, 4.69) is 10.3 Å². The smallest absolute Gasteiger partial charge is 0.384 e. The zero-order chi connectivity index (χ0) is 17.2. The minimum Gasteiger partial charge on any atom is -0.384 e. The van der Waals surface area contributed by atoms with Crippen molar-refractivity contribution in [3.63, 3.8) is 0 Å². The van der Waals surface area contributed by atoms with Crippen molar-refractivity contribution >= 4 is 16.6 Å². The fourth-order valence-corrected chi connectivity index (χ4v) is 2.54. The number of rotatable bonds is 4. The molecule has 6 heteroatoms. The van der Waals surface area contributed by atoms with Crippen molar-refractivity contribution in [2.24, 2.45) is 0 Å². The number of benzene rings is 2. The molecule has 3 rings (SSSR count). The van der Waals surface area contributed by atoms with Crippen LogP contribution in [0.5, 0.6) is 0 Å². The van der Waals surface area contributed by atoms with Crippen molar-refractivity contribution in [1.29, 1.82) is 0 Å². The molecule has 0 atom stereocenters. The van der Waals surface area contributed by atoms with E-state index in [4.69, 9.17) is 0 Å². The van der Waals surface area contributed by atoms with E-state index in [1.165, 1.54) is 18.3 Å². The summed E-state index contributed by atoms with van der Waals surface area (Å²) in [6.45, 7) is 0.428. The number of alkyl halides is 3. The van der Waals surface area contributed by atoms with Gasteiger partial charge in [-0.25, -0.2) is 4.39 Å². The summed E-state index contributed by atoms with van der Waals surface area (Å²) in [4.78, 5) is 4.01. The van der Waals surface area contributed by atoms with Crippen LogP contribution in [-0.4, -0.2) is 11.5 Å². The van der Waals surface area contributed by atoms with E-state index >= 15 is 0 Å². The number of hydrogen-bond acceptors (Lipinski definition) is 2. The predicted molar refractivity (Wildman–Crippen MR) is 85.3 cm³/mol. The highest BCUT2D eigenvalue weighted by Crippen LogP contribution is 2.29. The van der Waals surface area contributed by atoms with Crippen LogP contribution in [0, 0.1) is 5.82 Å². The highest BCUT2D eigenvalue weighted by atomic mass is 19.4. The van der Waals surface area contributed by atoms with Gasteiger partial charge in [-0.2, -0.15) is 13.2 Å². The standard InChI is InChI=1S/C18H14F4N2/c19-15-6-2-5-14-16(8-10-24-17(14)15)23-9-7-12-3-1-4-13(11-12)18(20,21)22/h1-6,8,10-11H,7,9H2,(H,23,24). The number of halogens is 4. The molecular formula is C18H14F4N2. The van der Waals surface area contributed by atoms with E-state index in [9.17, 15) is 17.6 Å². The Kier molecular flexibility index (Phi) is 4.38. The van der Waals surface area contributed by atoms with Crippen LogP contribution in [0.25, 0.3) is 10.9 Å². The number of anilines is 1. The van der Waals surface area contributed by atoms with E-state index in [1.54, 1.807) is 24.3 Å². The van der Waals surface area contributed by atoms with E-state index in [0.717, 1.165) is 12.1 Å². The minimum absolute atomic E-state index is 0.265. The summed E-state index contributed by atoms with van der Waals surface area (Å²) in [6.07, 6.45) is -2.43. The Morgan fingerprint density at radius 1 is 1.00 bits per heavy atom. The van der Waals surface area contributed by atoms with Crippen LogP contribution >= 0.6 is 0 Å². The third kappa shape index (κ3) is 3.48. The van der Waals surface area contributed by atoms with Gasteiger partial charge in [0.25, 0.3) is 0 Å². The Balaban J connectivity index is 1.73. The molecule has 1 aromatic heterocycles. The molecule has 1 heterocycles. The number of para-hydroxylation sites is 1. The van der Waals surface area contributed by atoms with Gasteiger partial charge < -0.3 is 5.32 Å². The summed E-state index contributed by atoms with van der Waals surface area (Å²) in [7, 11) is 0. The lowest BCUT2D eigenvalue weighted by Crippen LogP contribution is -2.08. The van der Waals surface area contributed by atoms with Gasteiger partial charge in [-0.3, -0.25) is 4.98 Å². The minimum atomic E-state index is -4.34. The molecule has 0 unspecified atom stereocenters. The second kappa shape index (κ2) is 6.47. The van der Waals surface area contributed by atoms with Gasteiger partial charge in [0, 0.05) is 23.8 Å². The maximum atomic E-state index is 13.7. The van der Waals surface area contributed by atoms with Crippen LogP contribution in [0.2, 0.25) is 0 Å². The summed E-state index contributed by atoms with van der Waals surface area (Å²) in [6, 6.07) is 11.6. The molecule has 0 saturated heterocycles. The quantitative estimate of drug-likeness (QED) is 0.676. The first kappa shape index (κ1) is 16.2. The van der Waals surface area contributed by atoms with Crippen molar-refractivity contribution in [2.75, 3.05) is 11.9 Å². The molecule has 2 aromatic carbocycles. The summed E-state index contributed by atoms with van der Waals surface area (Å²) in [5.41, 5.74) is 0.895. The fraction of sp³-hybridized carbons (Fsp3) is 0.167. The zero-order valence-electron chi connectivity index (χ0n) is 12.6. The Morgan fingerprint density at radius 3 is 2.58 bits per heavy atom. The Bertz CT molecular complexity index is 859. The fourth-order valence-electron chi connectivity index (χ4n) is 2.54. The second-order valence-electron chi connectivity index (χ2n) is 5.37. The van der Waals surface area contributed by atoms with Gasteiger partial charge in [0.15, 0.2) is 0 Å². The van der Waals surface area contributed by atoms with Gasteiger partial charge in [-0.1, -0.05) is 30.3 Å². The van der Waals surface area contributed by atoms with Crippen LogP contribution in [0.4, 0.5) is 23.2 Å². The number of nitrogens with zero attached hydrogens (tertiary/aromatic N) is 1. The summed E-state index contributed by atoms with van der Waals surface area (Å²) in [5, 5.41) is 3.77. The summed E-state index contributed by atoms with van der Waals surface area (Å²) < 4.78 is 51.8. The topological polar surface area (TPSA) is 24.9 Å². The maximum Gasteiger partial charge on any atom is 0.416 e. The van der Waals surface area contributed by atoms with Gasteiger partial charge in [0.2, 0.25) is 0 Å². The summed E-state index contributed by atoms with van der Waals surface area (Å²) >= 11 is 0. The lowest BCUT2D eigenvalue weighted by atomic mass is 10.1. The van der Waals surface area contributed by atoms with Gasteiger partial charge in [-0.15, -0.1) is 0 Å².